The van der Waals surface area contributed by atoms with Gasteiger partial charge in [0, 0.05) is 11.1 Å². The molecule has 0 aliphatic heterocycles. The molecule has 0 aromatic heterocycles. The number of hydrazine groups is 1. The predicted molar refractivity (Wildman–Crippen MR) is 131 cm³/mol. The fourth-order valence-corrected chi connectivity index (χ4v) is 3.09. The molecule has 0 aliphatic carbocycles. The van der Waals surface area contributed by atoms with Crippen molar-refractivity contribution in [2.24, 2.45) is 0 Å². The van der Waals surface area contributed by atoms with E-state index >= 15 is 0 Å². The average molecular weight is 464 g/mol. The van der Waals surface area contributed by atoms with E-state index < -0.39 is 11.8 Å². The Morgan fingerprint density at radius 2 is 1.64 bits per heavy atom. The van der Waals surface area contributed by atoms with Crippen molar-refractivity contribution in [1.82, 2.24) is 16.2 Å². The first-order valence-corrected chi connectivity index (χ1v) is 10.8. The van der Waals surface area contributed by atoms with E-state index in [9.17, 15) is 9.59 Å². The van der Waals surface area contributed by atoms with E-state index in [2.05, 4.69) is 16.2 Å². The lowest BCUT2D eigenvalue weighted by molar-refractivity contribution is -0.123. The molecule has 170 valence electrons. The number of hydrogen-bond donors (Lipinski definition) is 3. The van der Waals surface area contributed by atoms with Crippen molar-refractivity contribution in [3.8, 4) is 22.6 Å². The van der Waals surface area contributed by atoms with Crippen molar-refractivity contribution in [3.05, 3.63) is 84.4 Å². The molecule has 0 bridgehead atoms. The molecule has 2 amide bonds. The van der Waals surface area contributed by atoms with E-state index in [0.29, 0.717) is 17.1 Å². The minimum atomic E-state index is -0.457. The molecule has 0 spiro atoms. The van der Waals surface area contributed by atoms with Crippen LogP contribution in [-0.4, -0.2) is 29.6 Å². The third-order valence-corrected chi connectivity index (χ3v) is 4.55. The molecule has 0 fully saturated rings. The summed E-state index contributed by atoms with van der Waals surface area (Å²) >= 11 is 5.08. The molecule has 0 atom stereocenters. The van der Waals surface area contributed by atoms with E-state index in [1.54, 1.807) is 30.3 Å². The quantitative estimate of drug-likeness (QED) is 0.364. The molecule has 3 aromatic carbocycles. The van der Waals surface area contributed by atoms with Crippen LogP contribution >= 0.6 is 12.2 Å². The summed E-state index contributed by atoms with van der Waals surface area (Å²) < 4.78 is 11.3. The summed E-state index contributed by atoms with van der Waals surface area (Å²) in [5, 5.41) is 2.46. The lowest BCUT2D eigenvalue weighted by Gasteiger charge is -2.14. The second-order valence-corrected chi connectivity index (χ2v) is 7.71. The molecule has 0 saturated heterocycles. The summed E-state index contributed by atoms with van der Waals surface area (Å²) in [4.78, 5) is 24.6. The first kappa shape index (κ1) is 23.7. The van der Waals surface area contributed by atoms with Crippen LogP contribution in [0, 0.1) is 0 Å². The van der Waals surface area contributed by atoms with Gasteiger partial charge >= 0.3 is 0 Å². The Bertz CT molecular complexity index is 1120. The Kier molecular flexibility index (Phi) is 8.37. The Morgan fingerprint density at radius 3 is 2.39 bits per heavy atom. The predicted octanol–water partition coefficient (Wildman–Crippen LogP) is 3.86. The monoisotopic (exact) mass is 463 g/mol. The molecule has 3 rings (SSSR count). The van der Waals surface area contributed by atoms with Crippen LogP contribution in [0.3, 0.4) is 0 Å². The topological polar surface area (TPSA) is 88.7 Å². The van der Waals surface area contributed by atoms with Gasteiger partial charge in [-0.05, 0) is 55.9 Å². The third kappa shape index (κ3) is 7.33. The van der Waals surface area contributed by atoms with Gasteiger partial charge in [0.1, 0.15) is 11.5 Å². The number of para-hydroxylation sites is 1. The van der Waals surface area contributed by atoms with Crippen LogP contribution in [0.5, 0.6) is 11.5 Å². The number of amides is 2. The molecular formula is C25H25N3O4S. The van der Waals surface area contributed by atoms with Crippen molar-refractivity contribution < 1.29 is 19.1 Å². The second-order valence-electron chi connectivity index (χ2n) is 7.30. The van der Waals surface area contributed by atoms with E-state index in [-0.39, 0.29) is 17.8 Å². The maximum atomic E-state index is 12.4. The van der Waals surface area contributed by atoms with E-state index in [1.165, 1.54) is 0 Å². The minimum Gasteiger partial charge on any atom is -0.491 e. The molecule has 0 aliphatic rings. The number of nitrogens with one attached hydrogen (secondary N) is 3. The molecule has 33 heavy (non-hydrogen) atoms. The number of carbonyl (C=O) groups excluding carboxylic acids is 2. The van der Waals surface area contributed by atoms with E-state index in [4.69, 9.17) is 21.7 Å². The fraction of sp³-hybridized carbons (Fsp3) is 0.160. The highest BCUT2D eigenvalue weighted by Gasteiger charge is 2.11. The van der Waals surface area contributed by atoms with Crippen LogP contribution in [0.25, 0.3) is 11.1 Å². The van der Waals surface area contributed by atoms with Crippen molar-refractivity contribution in [1.29, 1.82) is 0 Å². The summed E-state index contributed by atoms with van der Waals surface area (Å²) in [6, 6.07) is 24.0. The van der Waals surface area contributed by atoms with Gasteiger partial charge in [0.05, 0.1) is 6.10 Å². The van der Waals surface area contributed by atoms with Gasteiger partial charge in [-0.25, -0.2) is 0 Å². The summed E-state index contributed by atoms with van der Waals surface area (Å²) in [6.07, 6.45) is -0.0110. The van der Waals surface area contributed by atoms with Crippen LogP contribution in [0.15, 0.2) is 78.9 Å². The molecular weight excluding hydrogens is 438 g/mol. The van der Waals surface area contributed by atoms with Crippen LogP contribution < -0.4 is 25.6 Å². The lowest BCUT2D eigenvalue weighted by Crippen LogP contribution is -2.49. The van der Waals surface area contributed by atoms with Gasteiger partial charge in [-0.2, -0.15) is 0 Å². The van der Waals surface area contributed by atoms with Crippen LogP contribution in [-0.2, 0) is 4.79 Å². The van der Waals surface area contributed by atoms with Crippen LogP contribution in [0.1, 0.15) is 24.2 Å². The van der Waals surface area contributed by atoms with Gasteiger partial charge in [0.15, 0.2) is 11.7 Å². The summed E-state index contributed by atoms with van der Waals surface area (Å²) in [5.74, 6) is 0.279. The molecule has 0 saturated carbocycles. The van der Waals surface area contributed by atoms with Crippen molar-refractivity contribution >= 4 is 29.1 Å². The van der Waals surface area contributed by atoms with E-state index in [0.717, 1.165) is 11.1 Å². The zero-order chi connectivity index (χ0) is 23.6. The van der Waals surface area contributed by atoms with Crippen LogP contribution in [0.2, 0.25) is 0 Å². The first-order valence-electron chi connectivity index (χ1n) is 10.4. The van der Waals surface area contributed by atoms with Gasteiger partial charge in [0.25, 0.3) is 11.8 Å². The third-order valence-electron chi connectivity index (χ3n) is 4.34. The molecule has 7 nitrogen and oxygen atoms in total. The number of thiocarbonyl (C=S) groups is 1. The fourth-order valence-electron chi connectivity index (χ4n) is 2.94. The van der Waals surface area contributed by atoms with Gasteiger partial charge in [-0.1, -0.05) is 54.6 Å². The van der Waals surface area contributed by atoms with E-state index in [1.807, 2.05) is 62.4 Å². The zero-order valence-electron chi connectivity index (χ0n) is 18.3. The molecule has 0 unspecified atom stereocenters. The Labute approximate surface area is 198 Å². The maximum Gasteiger partial charge on any atom is 0.276 e. The Morgan fingerprint density at radius 1 is 0.909 bits per heavy atom. The van der Waals surface area contributed by atoms with Gasteiger partial charge in [-0.15, -0.1) is 0 Å². The summed E-state index contributed by atoms with van der Waals surface area (Å²) in [6.45, 7) is 3.57. The highest BCUT2D eigenvalue weighted by molar-refractivity contribution is 7.80. The van der Waals surface area contributed by atoms with Gasteiger partial charge in [0.2, 0.25) is 0 Å². The van der Waals surface area contributed by atoms with Crippen molar-refractivity contribution in [2.45, 2.75) is 20.0 Å². The minimum absolute atomic E-state index is 0.0110. The molecule has 3 N–H and O–H groups in total. The summed E-state index contributed by atoms with van der Waals surface area (Å²) in [7, 11) is 0. The standard InChI is InChI=1S/C25H25N3O4S/c1-17(2)32-20-12-8-11-19(15-20)24(30)26-25(33)28-27-23(29)16-31-22-14-7-6-13-21(22)18-9-4-3-5-10-18/h3-15,17H,16H2,1-2H3,(H,27,29)(H2,26,28,30,33). The van der Waals surface area contributed by atoms with Crippen LogP contribution in [0.4, 0.5) is 0 Å². The zero-order valence-corrected chi connectivity index (χ0v) is 19.1. The smallest absolute Gasteiger partial charge is 0.276 e. The molecule has 0 radical (unpaired) electrons. The second kappa shape index (κ2) is 11.6. The number of benzene rings is 3. The summed E-state index contributed by atoms with van der Waals surface area (Å²) in [5.41, 5.74) is 7.16. The van der Waals surface area contributed by atoms with Crippen molar-refractivity contribution in [3.63, 3.8) is 0 Å². The number of hydrogen-bond acceptors (Lipinski definition) is 5. The largest absolute Gasteiger partial charge is 0.491 e. The SMILES string of the molecule is CC(C)Oc1cccc(C(=O)NC(=S)NNC(=O)COc2ccccc2-c2ccccc2)c1. The molecule has 8 heteroatoms. The highest BCUT2D eigenvalue weighted by Crippen LogP contribution is 2.29. The Hall–Kier alpha value is -3.91. The van der Waals surface area contributed by atoms with Gasteiger partial charge < -0.3 is 9.47 Å². The number of ether oxygens (including phenoxy) is 2. The number of rotatable bonds is 7. The first-order chi connectivity index (χ1) is 15.9. The highest BCUT2D eigenvalue weighted by atomic mass is 32.1. The van der Waals surface area contributed by atoms with Crippen molar-refractivity contribution in [2.75, 3.05) is 6.61 Å². The normalized spacial score (nSPS) is 10.3. The van der Waals surface area contributed by atoms with Gasteiger partial charge in [-0.3, -0.25) is 25.8 Å². The number of carbonyl (C=O) groups is 2. The molecule has 3 aromatic rings. The lowest BCUT2D eigenvalue weighted by atomic mass is 10.1. The molecule has 0 heterocycles. The Balaban J connectivity index is 1.48. The maximum absolute atomic E-state index is 12.4. The average Bonchev–Trinajstić information content (AvgIpc) is 2.82.